The zero-order valence-electron chi connectivity index (χ0n) is 32.9. The number of phenols is 2. The standard InChI is InChI=1S/C42H63NO11S2/c1-25-5-4-6-27(13-25)32-18-31(10-8-29(32)21-43-2)54-38-17-28-7-9-30(52-23-45)19-35(47)34(14-26-15-39(51-3)42(50)40(16-26)53-24-46)37(49)22-55-56-41(11-12-44)33(28)20-36(38)48/h4,6,15-17,20,25,27,29-32,34-35,37,41,43-50H,5,7-14,18-19,21-24H2,1-3H3. The molecule has 10 atom stereocenters. The summed E-state index contributed by atoms with van der Waals surface area (Å²) in [6, 6.07) is 6.82. The van der Waals surface area contributed by atoms with Crippen LogP contribution in [0.25, 0.3) is 0 Å². The van der Waals surface area contributed by atoms with Crippen molar-refractivity contribution in [2.24, 2.45) is 29.6 Å². The van der Waals surface area contributed by atoms with E-state index in [1.165, 1.54) is 35.1 Å². The highest BCUT2D eigenvalue weighted by molar-refractivity contribution is 8.76. The molecular formula is C42H63NO11S2. The lowest BCUT2D eigenvalue weighted by Gasteiger charge is -2.41. The molecule has 314 valence electrons. The van der Waals surface area contributed by atoms with E-state index in [9.17, 15) is 35.7 Å². The monoisotopic (exact) mass is 821 g/mol. The van der Waals surface area contributed by atoms with Crippen LogP contribution in [0.3, 0.4) is 0 Å². The fourth-order valence-electron chi connectivity index (χ4n) is 8.95. The van der Waals surface area contributed by atoms with Gasteiger partial charge < -0.3 is 60.0 Å². The molecule has 0 amide bonds. The van der Waals surface area contributed by atoms with Gasteiger partial charge in [-0.15, -0.1) is 0 Å². The van der Waals surface area contributed by atoms with Crippen LogP contribution in [0.2, 0.25) is 0 Å². The van der Waals surface area contributed by atoms with Crippen LogP contribution in [0.1, 0.15) is 80.2 Å². The van der Waals surface area contributed by atoms with Crippen LogP contribution < -0.4 is 19.5 Å². The lowest BCUT2D eigenvalue weighted by atomic mass is 9.67. The number of ether oxygens (including phenoxy) is 4. The van der Waals surface area contributed by atoms with Gasteiger partial charge in [-0.2, -0.15) is 0 Å². The number of aliphatic hydroxyl groups is 5. The van der Waals surface area contributed by atoms with Crippen molar-refractivity contribution in [1.29, 1.82) is 0 Å². The summed E-state index contributed by atoms with van der Waals surface area (Å²) in [6.45, 7) is 2.00. The molecule has 3 aliphatic rings. The summed E-state index contributed by atoms with van der Waals surface area (Å²) in [4.78, 5) is 0. The summed E-state index contributed by atoms with van der Waals surface area (Å²) < 4.78 is 23.0. The predicted octanol–water partition coefficient (Wildman–Crippen LogP) is 5.48. The summed E-state index contributed by atoms with van der Waals surface area (Å²) in [5.41, 5.74) is 2.39. The number of rotatable bonds is 14. The van der Waals surface area contributed by atoms with Crippen LogP contribution >= 0.6 is 21.6 Å². The number of fused-ring (bicyclic) bond motifs is 1. The van der Waals surface area contributed by atoms with Crippen LogP contribution in [0.4, 0.5) is 0 Å². The Bertz CT molecular complexity index is 1550. The summed E-state index contributed by atoms with van der Waals surface area (Å²) in [5.74, 6) is 2.09. The van der Waals surface area contributed by atoms with Crippen molar-refractivity contribution in [3.8, 4) is 28.7 Å². The number of nitrogens with one attached hydrogen (secondary N) is 1. The van der Waals surface area contributed by atoms with Gasteiger partial charge in [0, 0.05) is 23.5 Å². The minimum atomic E-state index is -1.05. The van der Waals surface area contributed by atoms with Gasteiger partial charge in [0.2, 0.25) is 5.75 Å². The van der Waals surface area contributed by atoms with Gasteiger partial charge in [-0.1, -0.05) is 40.7 Å². The molecular weight excluding hydrogens is 759 g/mol. The molecule has 1 aliphatic heterocycles. The third kappa shape index (κ3) is 11.8. The SMILES string of the molecule is CNCC1CCC(Oc2cc3c(cc2O)C(CCO)SSCC(O)C(Cc2cc(OC)c(O)c(OCO)c2)C(O)CC(OCO)CC3)CC1C1C=CCC(C)C1. The topological polar surface area (TPSA) is 191 Å². The Labute approximate surface area is 339 Å². The second-order valence-electron chi connectivity index (χ2n) is 15.7. The summed E-state index contributed by atoms with van der Waals surface area (Å²) in [6.07, 6.45) is 8.85. The number of hydrogen-bond acceptors (Lipinski definition) is 14. The van der Waals surface area contributed by atoms with Gasteiger partial charge in [-0.05, 0) is 142 Å². The minimum Gasteiger partial charge on any atom is -0.504 e. The first-order chi connectivity index (χ1) is 27.1. The average Bonchev–Trinajstić information content (AvgIpc) is 3.18. The maximum atomic E-state index is 11.7. The number of methoxy groups -OCH3 is 1. The third-order valence-electron chi connectivity index (χ3n) is 11.8. The van der Waals surface area contributed by atoms with E-state index in [-0.39, 0.29) is 59.6 Å². The molecule has 2 aliphatic carbocycles. The maximum absolute atomic E-state index is 11.7. The van der Waals surface area contributed by atoms with Crippen LogP contribution in [0.15, 0.2) is 36.4 Å². The maximum Gasteiger partial charge on any atom is 0.200 e. The van der Waals surface area contributed by atoms with Crippen molar-refractivity contribution < 1.29 is 54.7 Å². The Morgan fingerprint density at radius 2 is 1.70 bits per heavy atom. The van der Waals surface area contributed by atoms with Gasteiger partial charge in [-0.25, -0.2) is 0 Å². The molecule has 0 aromatic heterocycles. The van der Waals surface area contributed by atoms with E-state index in [2.05, 4.69) is 24.4 Å². The number of aliphatic hydroxyl groups excluding tert-OH is 5. The van der Waals surface area contributed by atoms with E-state index < -0.39 is 37.8 Å². The second kappa shape index (κ2) is 22.1. The third-order valence-corrected chi connectivity index (χ3v) is 14.7. The van der Waals surface area contributed by atoms with E-state index in [1.54, 1.807) is 18.2 Å². The van der Waals surface area contributed by atoms with Crippen molar-refractivity contribution in [2.45, 2.75) is 101 Å². The highest BCUT2D eigenvalue weighted by Crippen LogP contribution is 2.48. The van der Waals surface area contributed by atoms with Crippen LogP contribution in [-0.4, -0.2) is 107 Å². The van der Waals surface area contributed by atoms with Crippen molar-refractivity contribution in [3.63, 3.8) is 0 Å². The molecule has 56 heavy (non-hydrogen) atoms. The van der Waals surface area contributed by atoms with Gasteiger partial charge in [0.1, 0.15) is 6.79 Å². The molecule has 0 radical (unpaired) electrons. The summed E-state index contributed by atoms with van der Waals surface area (Å²) in [5, 5.41) is 77.8. The molecule has 1 saturated carbocycles. The van der Waals surface area contributed by atoms with Gasteiger partial charge in [0.15, 0.2) is 29.8 Å². The van der Waals surface area contributed by atoms with Crippen LogP contribution in [0, 0.1) is 29.6 Å². The van der Waals surface area contributed by atoms with Gasteiger partial charge in [-0.3, -0.25) is 0 Å². The Hall–Kier alpha value is -2.40. The molecule has 8 N–H and O–H groups in total. The largest absolute Gasteiger partial charge is 0.504 e. The number of allylic oxidation sites excluding steroid dienone is 2. The molecule has 0 bridgehead atoms. The van der Waals surface area contributed by atoms with E-state index in [0.29, 0.717) is 54.2 Å². The Balaban J connectivity index is 1.40. The molecule has 2 aromatic carbocycles. The first-order valence-electron chi connectivity index (χ1n) is 20.0. The second-order valence-corrected chi connectivity index (χ2v) is 18.3. The fraction of sp³-hybridized carbons (Fsp3) is 0.667. The molecule has 1 fully saturated rings. The molecule has 5 rings (SSSR count). The lowest BCUT2D eigenvalue weighted by molar-refractivity contribution is -0.0808. The van der Waals surface area contributed by atoms with E-state index >= 15 is 0 Å². The highest BCUT2D eigenvalue weighted by Gasteiger charge is 2.37. The molecule has 0 spiro atoms. The van der Waals surface area contributed by atoms with Crippen molar-refractivity contribution in [2.75, 3.05) is 46.6 Å². The van der Waals surface area contributed by atoms with E-state index in [1.807, 2.05) is 13.1 Å². The van der Waals surface area contributed by atoms with E-state index in [0.717, 1.165) is 43.4 Å². The zero-order valence-corrected chi connectivity index (χ0v) is 34.6. The highest BCUT2D eigenvalue weighted by atomic mass is 33.1. The molecule has 0 saturated heterocycles. The summed E-state index contributed by atoms with van der Waals surface area (Å²) in [7, 11) is 6.34. The van der Waals surface area contributed by atoms with Gasteiger partial charge in [0.05, 0.1) is 31.5 Å². The number of phenolic OH excluding ortho intramolecular Hbond substituents is 2. The number of aromatic hydroxyl groups is 2. The van der Waals surface area contributed by atoms with Gasteiger partial charge in [0.25, 0.3) is 0 Å². The fourth-order valence-corrected chi connectivity index (χ4v) is 11.8. The zero-order chi connectivity index (χ0) is 40.2. The van der Waals surface area contributed by atoms with Gasteiger partial charge >= 0.3 is 0 Å². The number of benzene rings is 2. The normalized spacial score (nSPS) is 30.4. The minimum absolute atomic E-state index is 0.00963. The first-order valence-corrected chi connectivity index (χ1v) is 22.4. The Kier molecular flexibility index (Phi) is 17.6. The van der Waals surface area contributed by atoms with Crippen molar-refractivity contribution in [3.05, 3.63) is 53.1 Å². The van der Waals surface area contributed by atoms with Crippen molar-refractivity contribution in [1.82, 2.24) is 5.32 Å². The van der Waals surface area contributed by atoms with Crippen LogP contribution in [0.5, 0.6) is 28.7 Å². The molecule has 12 nitrogen and oxygen atoms in total. The average molecular weight is 822 g/mol. The Morgan fingerprint density at radius 3 is 2.41 bits per heavy atom. The number of hydrogen-bond donors (Lipinski definition) is 8. The van der Waals surface area contributed by atoms with Crippen molar-refractivity contribution >= 4 is 21.6 Å². The molecule has 2 aromatic rings. The molecule has 14 heteroatoms. The quantitative estimate of drug-likeness (QED) is 0.0680. The molecule has 1 heterocycles. The smallest absolute Gasteiger partial charge is 0.200 e. The number of aryl methyl sites for hydroxylation is 1. The predicted molar refractivity (Wildman–Crippen MR) is 219 cm³/mol. The van der Waals surface area contributed by atoms with Crippen LogP contribution in [-0.2, 0) is 17.6 Å². The summed E-state index contributed by atoms with van der Waals surface area (Å²) >= 11 is 0. The molecule has 10 unspecified atom stereocenters. The Morgan fingerprint density at radius 1 is 0.893 bits per heavy atom. The lowest BCUT2D eigenvalue weighted by Crippen LogP contribution is -2.39. The first kappa shape index (κ1) is 44.7. The van der Waals surface area contributed by atoms with E-state index in [4.69, 9.17) is 18.9 Å².